The molecule has 6 heteroatoms. The highest BCUT2D eigenvalue weighted by Crippen LogP contribution is 2.24. The van der Waals surface area contributed by atoms with Crippen LogP contribution in [0.4, 0.5) is 0 Å². The first-order valence-corrected chi connectivity index (χ1v) is 11.0. The highest BCUT2D eigenvalue weighted by molar-refractivity contribution is 7.99. The van der Waals surface area contributed by atoms with Crippen molar-refractivity contribution in [2.24, 2.45) is 5.92 Å². The Balaban J connectivity index is 1.71. The lowest BCUT2D eigenvalue weighted by atomic mass is 9.87. The molecule has 5 nitrogen and oxygen atoms in total. The number of rotatable bonds is 7. The van der Waals surface area contributed by atoms with E-state index in [4.69, 9.17) is 0 Å². The number of fused-ring (bicyclic) bond motifs is 1. The Morgan fingerprint density at radius 3 is 2.74 bits per heavy atom. The van der Waals surface area contributed by atoms with Crippen LogP contribution in [0.1, 0.15) is 52.4 Å². The molecule has 1 aromatic carbocycles. The fourth-order valence-corrected chi connectivity index (χ4v) is 4.41. The van der Waals surface area contributed by atoms with Gasteiger partial charge in [0.1, 0.15) is 0 Å². The van der Waals surface area contributed by atoms with Gasteiger partial charge in [-0.05, 0) is 50.2 Å². The molecule has 0 aliphatic heterocycles. The molecule has 1 aliphatic carbocycles. The van der Waals surface area contributed by atoms with Crippen LogP contribution in [0, 0.1) is 5.92 Å². The number of carbonyl (C=O) groups is 1. The van der Waals surface area contributed by atoms with E-state index in [0.29, 0.717) is 34.4 Å². The topological polar surface area (TPSA) is 64.0 Å². The molecule has 0 spiro atoms. The van der Waals surface area contributed by atoms with Crippen LogP contribution >= 0.6 is 11.8 Å². The summed E-state index contributed by atoms with van der Waals surface area (Å²) in [5, 5.41) is 4.43. The monoisotopic (exact) mass is 387 g/mol. The molecule has 1 fully saturated rings. The number of benzene rings is 1. The van der Waals surface area contributed by atoms with Gasteiger partial charge in [-0.2, -0.15) is 0 Å². The third-order valence-electron chi connectivity index (χ3n) is 5.28. The molecule has 1 N–H and O–H groups in total. The molecular weight excluding hydrogens is 358 g/mol. The maximum absolute atomic E-state index is 12.9. The number of para-hydroxylation sites is 1. The Labute approximate surface area is 164 Å². The van der Waals surface area contributed by atoms with Gasteiger partial charge in [0.25, 0.3) is 5.56 Å². The molecule has 0 saturated heterocycles. The SMILES string of the molecule is CCCCn1c(SCC(=O)NC2CCC(C)CC2)nc2ccccc2c1=O. The van der Waals surface area contributed by atoms with Crippen molar-refractivity contribution in [3.05, 3.63) is 34.6 Å². The number of nitrogens with zero attached hydrogens (tertiary/aromatic N) is 2. The lowest BCUT2D eigenvalue weighted by molar-refractivity contribution is -0.119. The molecule has 0 unspecified atom stereocenters. The van der Waals surface area contributed by atoms with E-state index in [1.165, 1.54) is 24.6 Å². The van der Waals surface area contributed by atoms with Gasteiger partial charge in [-0.25, -0.2) is 4.98 Å². The normalized spacial score (nSPS) is 19.9. The third kappa shape index (κ3) is 5.12. The van der Waals surface area contributed by atoms with Gasteiger partial charge in [0.05, 0.1) is 16.7 Å². The molecule has 1 aromatic heterocycles. The Morgan fingerprint density at radius 1 is 1.26 bits per heavy atom. The molecule has 0 bridgehead atoms. The van der Waals surface area contributed by atoms with Crippen LogP contribution in [0.3, 0.4) is 0 Å². The van der Waals surface area contributed by atoms with Gasteiger partial charge < -0.3 is 5.32 Å². The van der Waals surface area contributed by atoms with Crippen LogP contribution in [-0.4, -0.2) is 27.3 Å². The van der Waals surface area contributed by atoms with Gasteiger partial charge in [0.2, 0.25) is 5.91 Å². The number of hydrogen-bond donors (Lipinski definition) is 1. The minimum Gasteiger partial charge on any atom is -0.353 e. The fourth-order valence-electron chi connectivity index (χ4n) is 3.58. The van der Waals surface area contributed by atoms with E-state index in [2.05, 4.69) is 24.1 Å². The van der Waals surface area contributed by atoms with Crippen LogP contribution in [0.5, 0.6) is 0 Å². The number of aromatic nitrogens is 2. The zero-order valence-corrected chi connectivity index (χ0v) is 17.1. The maximum Gasteiger partial charge on any atom is 0.262 e. The van der Waals surface area contributed by atoms with Crippen LogP contribution in [0.25, 0.3) is 10.9 Å². The molecule has 2 aromatic rings. The molecule has 1 heterocycles. The van der Waals surface area contributed by atoms with E-state index < -0.39 is 0 Å². The van der Waals surface area contributed by atoms with E-state index in [0.717, 1.165) is 31.6 Å². The summed E-state index contributed by atoms with van der Waals surface area (Å²) in [6.07, 6.45) is 6.41. The number of unbranched alkanes of at least 4 members (excludes halogenated alkanes) is 1. The van der Waals surface area contributed by atoms with Crippen molar-refractivity contribution in [1.82, 2.24) is 14.9 Å². The quantitative estimate of drug-likeness (QED) is 0.576. The first-order valence-electron chi connectivity index (χ1n) is 10.00. The second-order valence-corrected chi connectivity index (χ2v) is 8.48. The molecule has 0 atom stereocenters. The Morgan fingerprint density at radius 2 is 2.00 bits per heavy atom. The summed E-state index contributed by atoms with van der Waals surface area (Å²) in [5.41, 5.74) is 0.678. The van der Waals surface area contributed by atoms with Crippen molar-refractivity contribution in [3.8, 4) is 0 Å². The first kappa shape index (κ1) is 19.9. The van der Waals surface area contributed by atoms with Crippen molar-refractivity contribution in [2.45, 2.75) is 70.1 Å². The van der Waals surface area contributed by atoms with E-state index in [9.17, 15) is 9.59 Å². The number of hydrogen-bond acceptors (Lipinski definition) is 4. The van der Waals surface area contributed by atoms with Gasteiger partial charge in [-0.15, -0.1) is 0 Å². The smallest absolute Gasteiger partial charge is 0.262 e. The fraction of sp³-hybridized carbons (Fsp3) is 0.571. The maximum atomic E-state index is 12.9. The van der Waals surface area contributed by atoms with Gasteiger partial charge >= 0.3 is 0 Å². The largest absolute Gasteiger partial charge is 0.353 e. The predicted octanol–water partition coefficient (Wildman–Crippen LogP) is 3.98. The summed E-state index contributed by atoms with van der Waals surface area (Å²) in [7, 11) is 0. The van der Waals surface area contributed by atoms with E-state index >= 15 is 0 Å². The lowest BCUT2D eigenvalue weighted by Crippen LogP contribution is -2.38. The Kier molecular flexibility index (Phi) is 6.94. The number of amides is 1. The molecule has 146 valence electrons. The van der Waals surface area contributed by atoms with Crippen molar-refractivity contribution in [3.63, 3.8) is 0 Å². The summed E-state index contributed by atoms with van der Waals surface area (Å²) in [4.78, 5) is 29.9. The Bertz CT molecular complexity index is 841. The third-order valence-corrected chi connectivity index (χ3v) is 6.25. The number of thioether (sulfide) groups is 1. The highest BCUT2D eigenvalue weighted by Gasteiger charge is 2.20. The second kappa shape index (κ2) is 9.40. The summed E-state index contributed by atoms with van der Waals surface area (Å²) >= 11 is 1.36. The van der Waals surface area contributed by atoms with Gasteiger partial charge in [-0.1, -0.05) is 44.2 Å². The van der Waals surface area contributed by atoms with E-state index in [1.54, 1.807) is 4.57 Å². The first-order chi connectivity index (χ1) is 13.1. The molecule has 3 rings (SSSR count). The van der Waals surface area contributed by atoms with Crippen molar-refractivity contribution in [1.29, 1.82) is 0 Å². The Hall–Kier alpha value is -1.82. The minimum atomic E-state index is -0.0155. The van der Waals surface area contributed by atoms with Gasteiger partial charge in [0.15, 0.2) is 5.16 Å². The van der Waals surface area contributed by atoms with Crippen molar-refractivity contribution >= 4 is 28.6 Å². The van der Waals surface area contributed by atoms with E-state index in [1.807, 2.05) is 24.3 Å². The summed E-state index contributed by atoms with van der Waals surface area (Å²) < 4.78 is 1.73. The zero-order valence-electron chi connectivity index (χ0n) is 16.2. The molecule has 1 aliphatic rings. The highest BCUT2D eigenvalue weighted by atomic mass is 32.2. The van der Waals surface area contributed by atoms with E-state index in [-0.39, 0.29) is 11.5 Å². The molecule has 1 saturated carbocycles. The molecular formula is C21H29N3O2S. The van der Waals surface area contributed by atoms with Gasteiger partial charge in [0, 0.05) is 12.6 Å². The van der Waals surface area contributed by atoms with Gasteiger partial charge in [-0.3, -0.25) is 14.2 Å². The zero-order chi connectivity index (χ0) is 19.2. The second-order valence-electron chi connectivity index (χ2n) is 7.53. The number of carbonyl (C=O) groups excluding carboxylic acids is 1. The minimum absolute atomic E-state index is 0.0155. The average molecular weight is 388 g/mol. The van der Waals surface area contributed by atoms with Crippen LogP contribution in [0.2, 0.25) is 0 Å². The molecule has 0 radical (unpaired) electrons. The summed E-state index contributed by atoms with van der Waals surface area (Å²) in [6.45, 7) is 5.01. The van der Waals surface area contributed by atoms with Crippen LogP contribution < -0.4 is 10.9 Å². The summed E-state index contributed by atoms with van der Waals surface area (Å²) in [5.74, 6) is 1.09. The van der Waals surface area contributed by atoms with Crippen molar-refractivity contribution in [2.75, 3.05) is 5.75 Å². The van der Waals surface area contributed by atoms with Crippen LogP contribution in [0.15, 0.2) is 34.2 Å². The number of nitrogens with one attached hydrogen (secondary N) is 1. The lowest BCUT2D eigenvalue weighted by Gasteiger charge is -2.26. The summed E-state index contributed by atoms with van der Waals surface area (Å²) in [6, 6.07) is 7.71. The van der Waals surface area contributed by atoms with Crippen LogP contribution in [-0.2, 0) is 11.3 Å². The molecule has 1 amide bonds. The average Bonchev–Trinajstić information content (AvgIpc) is 2.68. The van der Waals surface area contributed by atoms with Crippen molar-refractivity contribution < 1.29 is 4.79 Å². The standard InChI is InChI=1S/C21H29N3O2S/c1-3-4-13-24-20(26)17-7-5-6-8-18(17)23-21(24)27-14-19(25)22-16-11-9-15(2)10-12-16/h5-8,15-16H,3-4,9-14H2,1-2H3,(H,22,25). The predicted molar refractivity (Wildman–Crippen MR) is 111 cm³/mol. The molecule has 27 heavy (non-hydrogen) atoms.